The van der Waals surface area contributed by atoms with Gasteiger partial charge in [0.25, 0.3) is 5.56 Å². The summed E-state index contributed by atoms with van der Waals surface area (Å²) in [5, 5.41) is 5.78. The van der Waals surface area contributed by atoms with Gasteiger partial charge < -0.3 is 0 Å². The lowest BCUT2D eigenvalue weighted by molar-refractivity contribution is 0.627. The molecule has 0 aliphatic heterocycles. The Kier molecular flexibility index (Phi) is 2.89. The van der Waals surface area contributed by atoms with Gasteiger partial charge in [0, 0.05) is 0 Å². The van der Waals surface area contributed by atoms with Crippen LogP contribution in [-0.2, 0) is 6.42 Å². The number of aromatic nitrogens is 4. The number of fused-ring (bicyclic) bond motifs is 2. The molecule has 0 atom stereocenters. The molecule has 0 amide bonds. The van der Waals surface area contributed by atoms with Crippen LogP contribution in [0, 0.1) is 5.82 Å². The largest absolute Gasteiger partial charge is 0.289 e. The van der Waals surface area contributed by atoms with Gasteiger partial charge in [-0.3, -0.25) is 9.78 Å². The lowest BCUT2D eigenvalue weighted by atomic mass is 10.1. The van der Waals surface area contributed by atoms with Gasteiger partial charge in [-0.2, -0.15) is 9.61 Å². The zero-order valence-electron chi connectivity index (χ0n) is 11.7. The molecule has 0 saturated carbocycles. The van der Waals surface area contributed by atoms with Gasteiger partial charge in [-0.25, -0.2) is 9.37 Å². The van der Waals surface area contributed by atoms with E-state index < -0.39 is 0 Å². The summed E-state index contributed by atoms with van der Waals surface area (Å²) in [6.07, 6.45) is 6.60. The number of aryl methyl sites for hydroxylation is 1. The molecule has 6 heteroatoms. The standard InChI is InChI=1S/C16H13FN4O/c17-11-7-5-10(6-8-11)9-14-15(22)19-16-18-12-3-1-2-4-13(12)20-21(14)16/h3,5-9H,1-2,4H2,(H,18,19,22)/b14-9+. The number of nitrogens with one attached hydrogen (secondary N) is 1. The Morgan fingerprint density at radius 3 is 2.91 bits per heavy atom. The fourth-order valence-corrected chi connectivity index (χ4v) is 2.65. The molecule has 1 aliphatic rings. The van der Waals surface area contributed by atoms with Crippen LogP contribution in [0.5, 0.6) is 0 Å². The molecule has 3 aromatic rings. The first kappa shape index (κ1) is 12.9. The predicted octanol–water partition coefficient (Wildman–Crippen LogP) is 0.502. The Hall–Kier alpha value is -2.76. The summed E-state index contributed by atoms with van der Waals surface area (Å²) in [7, 11) is 0. The highest BCUT2D eigenvalue weighted by Crippen LogP contribution is 2.04. The SMILES string of the molecule is O=c1[nH]c2nc3c(nn2/c1=C/c1ccc(F)cc1)CCCC=3. The molecule has 4 rings (SSSR count). The molecule has 110 valence electrons. The summed E-state index contributed by atoms with van der Waals surface area (Å²) < 4.78 is 14.5. The van der Waals surface area contributed by atoms with Crippen LogP contribution < -0.4 is 16.3 Å². The third-order valence-corrected chi connectivity index (χ3v) is 3.76. The Bertz CT molecular complexity index is 1030. The Morgan fingerprint density at radius 1 is 1.27 bits per heavy atom. The predicted molar refractivity (Wildman–Crippen MR) is 80.2 cm³/mol. The van der Waals surface area contributed by atoms with E-state index in [0.717, 1.165) is 35.9 Å². The van der Waals surface area contributed by atoms with Crippen molar-refractivity contribution in [1.29, 1.82) is 0 Å². The van der Waals surface area contributed by atoms with Crippen LogP contribution in [0.2, 0.25) is 0 Å². The summed E-state index contributed by atoms with van der Waals surface area (Å²) in [4.78, 5) is 19.3. The van der Waals surface area contributed by atoms with Gasteiger partial charge in [-0.15, -0.1) is 0 Å². The van der Waals surface area contributed by atoms with Gasteiger partial charge in [0.1, 0.15) is 11.2 Å². The number of nitrogens with zero attached hydrogens (tertiary/aromatic N) is 3. The van der Waals surface area contributed by atoms with E-state index in [1.54, 1.807) is 18.2 Å². The molecule has 1 aromatic carbocycles. The van der Waals surface area contributed by atoms with E-state index in [9.17, 15) is 9.18 Å². The van der Waals surface area contributed by atoms with Crippen molar-refractivity contribution in [2.45, 2.75) is 19.3 Å². The first-order valence-electron chi connectivity index (χ1n) is 7.16. The first-order valence-corrected chi connectivity index (χ1v) is 7.16. The van der Waals surface area contributed by atoms with Gasteiger partial charge in [0.15, 0.2) is 0 Å². The van der Waals surface area contributed by atoms with Crippen molar-refractivity contribution < 1.29 is 4.39 Å². The molecule has 0 saturated heterocycles. The molecule has 1 N–H and O–H groups in total. The number of aromatic amines is 1. The van der Waals surface area contributed by atoms with Gasteiger partial charge in [-0.05, 0) is 43.0 Å². The van der Waals surface area contributed by atoms with E-state index in [1.165, 1.54) is 16.6 Å². The number of hydrogen-bond donors (Lipinski definition) is 1. The van der Waals surface area contributed by atoms with Gasteiger partial charge in [-0.1, -0.05) is 18.2 Å². The maximum Gasteiger partial charge on any atom is 0.276 e. The molecule has 2 heterocycles. The molecular formula is C16H13FN4O. The molecule has 0 fully saturated rings. The minimum Gasteiger partial charge on any atom is -0.289 e. The summed E-state index contributed by atoms with van der Waals surface area (Å²) in [5.41, 5.74) is 1.38. The number of benzene rings is 1. The Morgan fingerprint density at radius 2 is 2.09 bits per heavy atom. The quantitative estimate of drug-likeness (QED) is 0.711. The van der Waals surface area contributed by atoms with E-state index in [-0.39, 0.29) is 11.4 Å². The highest BCUT2D eigenvalue weighted by molar-refractivity contribution is 5.49. The average molecular weight is 296 g/mol. The van der Waals surface area contributed by atoms with Gasteiger partial charge >= 0.3 is 0 Å². The summed E-state index contributed by atoms with van der Waals surface area (Å²) >= 11 is 0. The molecule has 0 radical (unpaired) electrons. The third kappa shape index (κ3) is 2.13. The Balaban J connectivity index is 2.00. The molecule has 1 aliphatic carbocycles. The number of imidazole rings is 1. The van der Waals surface area contributed by atoms with Crippen molar-refractivity contribution in [3.05, 3.63) is 62.4 Å². The summed E-state index contributed by atoms with van der Waals surface area (Å²) in [6.45, 7) is 0. The van der Waals surface area contributed by atoms with Crippen molar-refractivity contribution in [1.82, 2.24) is 19.6 Å². The molecule has 5 nitrogen and oxygen atoms in total. The molecular weight excluding hydrogens is 283 g/mol. The number of halogens is 1. The monoisotopic (exact) mass is 296 g/mol. The zero-order valence-corrected chi connectivity index (χ0v) is 11.7. The molecule has 22 heavy (non-hydrogen) atoms. The van der Waals surface area contributed by atoms with Crippen LogP contribution in [0.3, 0.4) is 0 Å². The topological polar surface area (TPSA) is 63.0 Å². The second-order valence-corrected chi connectivity index (χ2v) is 5.31. The zero-order chi connectivity index (χ0) is 15.1. The minimum atomic E-state index is -0.310. The van der Waals surface area contributed by atoms with E-state index in [0.29, 0.717) is 11.1 Å². The number of H-pyrrole nitrogens is 1. The Labute approximate surface area is 124 Å². The lowest BCUT2D eigenvalue weighted by Crippen LogP contribution is -2.30. The van der Waals surface area contributed by atoms with Gasteiger partial charge in [0.05, 0.1) is 11.0 Å². The number of hydrogen-bond acceptors (Lipinski definition) is 3. The molecule has 0 spiro atoms. The van der Waals surface area contributed by atoms with Crippen LogP contribution >= 0.6 is 0 Å². The van der Waals surface area contributed by atoms with Crippen molar-refractivity contribution in [2.24, 2.45) is 0 Å². The normalized spacial score (nSPS) is 14.9. The molecule has 2 aromatic heterocycles. The fraction of sp³-hybridized carbons (Fsp3) is 0.188. The van der Waals surface area contributed by atoms with E-state index in [4.69, 9.17) is 0 Å². The molecule has 0 bridgehead atoms. The minimum absolute atomic E-state index is 0.258. The van der Waals surface area contributed by atoms with E-state index in [1.807, 2.05) is 6.08 Å². The highest BCUT2D eigenvalue weighted by atomic mass is 19.1. The van der Waals surface area contributed by atoms with Crippen molar-refractivity contribution in [3.8, 4) is 0 Å². The highest BCUT2D eigenvalue weighted by Gasteiger charge is 2.10. The van der Waals surface area contributed by atoms with Crippen LogP contribution in [0.1, 0.15) is 24.1 Å². The second-order valence-electron chi connectivity index (χ2n) is 5.31. The molecule has 0 unspecified atom stereocenters. The van der Waals surface area contributed by atoms with Crippen LogP contribution in [0.4, 0.5) is 4.39 Å². The maximum absolute atomic E-state index is 13.0. The third-order valence-electron chi connectivity index (χ3n) is 3.76. The van der Waals surface area contributed by atoms with Crippen molar-refractivity contribution in [2.75, 3.05) is 0 Å². The number of rotatable bonds is 1. The summed E-state index contributed by atoms with van der Waals surface area (Å²) in [6, 6.07) is 5.96. The second kappa shape index (κ2) is 4.91. The van der Waals surface area contributed by atoms with Crippen molar-refractivity contribution in [3.63, 3.8) is 0 Å². The summed E-state index contributed by atoms with van der Waals surface area (Å²) in [5.74, 6) is 0.116. The fourth-order valence-electron chi connectivity index (χ4n) is 2.65. The van der Waals surface area contributed by atoms with Crippen LogP contribution in [0.25, 0.3) is 17.9 Å². The maximum atomic E-state index is 13.0. The van der Waals surface area contributed by atoms with E-state index in [2.05, 4.69) is 15.1 Å². The first-order chi connectivity index (χ1) is 10.7. The van der Waals surface area contributed by atoms with Crippen molar-refractivity contribution >= 4 is 17.9 Å². The van der Waals surface area contributed by atoms with Crippen LogP contribution in [0.15, 0.2) is 29.1 Å². The smallest absolute Gasteiger partial charge is 0.276 e. The van der Waals surface area contributed by atoms with E-state index >= 15 is 0 Å². The average Bonchev–Trinajstić information content (AvgIpc) is 2.82. The lowest BCUT2D eigenvalue weighted by Gasteiger charge is -2.06. The van der Waals surface area contributed by atoms with Crippen LogP contribution in [-0.4, -0.2) is 19.6 Å². The van der Waals surface area contributed by atoms with Gasteiger partial charge in [0.2, 0.25) is 5.78 Å².